The predicted octanol–water partition coefficient (Wildman–Crippen LogP) is 1.75. The molecule has 52 heavy (non-hydrogen) atoms. The summed E-state index contributed by atoms with van der Waals surface area (Å²) >= 11 is 0. The van der Waals surface area contributed by atoms with E-state index in [2.05, 4.69) is 0 Å². The van der Waals surface area contributed by atoms with Crippen molar-refractivity contribution in [3.8, 4) is 0 Å². The maximum Gasteiger partial charge on any atom is 0.305 e. The Morgan fingerprint density at radius 2 is 0.750 bits per heavy atom. The van der Waals surface area contributed by atoms with Crippen LogP contribution in [0.15, 0.2) is 35.2 Å². The van der Waals surface area contributed by atoms with Gasteiger partial charge in [0.1, 0.15) is 6.61 Å². The zero-order valence-corrected chi connectivity index (χ0v) is 31.0. The van der Waals surface area contributed by atoms with Crippen molar-refractivity contribution in [2.75, 3.05) is 145 Å². The van der Waals surface area contributed by atoms with Crippen LogP contribution < -0.4 is 0 Å². The number of carbonyl (C=O) groups is 2. The van der Waals surface area contributed by atoms with Crippen molar-refractivity contribution in [3.63, 3.8) is 0 Å². The van der Waals surface area contributed by atoms with E-state index in [1.807, 2.05) is 0 Å². The third kappa shape index (κ3) is 32.3. The van der Waals surface area contributed by atoms with E-state index in [9.17, 15) is 18.0 Å². The molecular weight excluding hydrogens is 712 g/mol. The number of carboxylic acids is 1. The third-order valence-corrected chi connectivity index (χ3v) is 7.68. The van der Waals surface area contributed by atoms with E-state index >= 15 is 0 Å². The zero-order chi connectivity index (χ0) is 37.6. The summed E-state index contributed by atoms with van der Waals surface area (Å²) in [5.74, 6) is -1.22. The van der Waals surface area contributed by atoms with E-state index in [0.717, 1.165) is 0 Å². The number of hydrogen-bond donors (Lipinski definition) is 1. The summed E-state index contributed by atoms with van der Waals surface area (Å²) in [7, 11) is -3.77. The van der Waals surface area contributed by atoms with Gasteiger partial charge < -0.3 is 57.2 Å². The average Bonchev–Trinajstić information content (AvgIpc) is 3.13. The van der Waals surface area contributed by atoms with Crippen molar-refractivity contribution in [2.24, 2.45) is 0 Å². The predicted molar refractivity (Wildman–Crippen MR) is 185 cm³/mol. The van der Waals surface area contributed by atoms with Crippen LogP contribution in [0.3, 0.4) is 0 Å². The molecule has 0 saturated heterocycles. The highest BCUT2D eigenvalue weighted by Gasteiger charge is 2.13. The Bertz CT molecular complexity index is 1060. The molecule has 0 fully saturated rings. The Labute approximate surface area is 307 Å². The van der Waals surface area contributed by atoms with Gasteiger partial charge in [-0.1, -0.05) is 18.2 Å². The van der Waals surface area contributed by atoms with E-state index in [0.29, 0.717) is 132 Å². The summed E-state index contributed by atoms with van der Waals surface area (Å²) in [6.07, 6.45) is 1.21. The van der Waals surface area contributed by atoms with Crippen LogP contribution in [-0.2, 0) is 76.0 Å². The third-order valence-electron chi connectivity index (χ3n) is 6.36. The highest BCUT2D eigenvalue weighted by molar-refractivity contribution is 7.86. The largest absolute Gasteiger partial charge is 0.481 e. The Morgan fingerprint density at radius 1 is 0.442 bits per heavy atom. The van der Waals surface area contributed by atoms with Gasteiger partial charge in [0.2, 0.25) is 0 Å². The normalized spacial score (nSPS) is 11.6. The van der Waals surface area contributed by atoms with Crippen LogP contribution in [0.5, 0.6) is 0 Å². The fraction of sp³-hybridized carbons (Fsp3) is 0.765. The molecule has 0 amide bonds. The first-order valence-electron chi connectivity index (χ1n) is 17.5. The number of hydrogen-bond acceptors (Lipinski definition) is 16. The lowest BCUT2D eigenvalue weighted by molar-refractivity contribution is -0.146. The Kier molecular flexibility index (Phi) is 32.7. The second-order valence-corrected chi connectivity index (χ2v) is 12.1. The molecule has 0 aliphatic carbocycles. The van der Waals surface area contributed by atoms with Gasteiger partial charge in [0.15, 0.2) is 0 Å². The minimum Gasteiger partial charge on any atom is -0.481 e. The Morgan fingerprint density at radius 3 is 1.10 bits per heavy atom. The standard InChI is InChI=1S/C34H58O17S/c35-33(36)8-4-5-9-34(37)50-30-28-48-26-24-46-22-20-44-18-16-42-14-12-40-10-11-41-13-15-43-17-19-45-21-23-47-25-27-49-29-31-51-52(38,39)32-6-2-1-3-7-32/h1-3,6-7H,4-5,8-31H2,(H,35,36). The highest BCUT2D eigenvalue weighted by Crippen LogP contribution is 2.10. The molecule has 0 aliphatic rings. The summed E-state index contributed by atoms with van der Waals surface area (Å²) in [5, 5.41) is 8.55. The van der Waals surface area contributed by atoms with Crippen LogP contribution in [-0.4, -0.2) is 171 Å². The summed E-state index contributed by atoms with van der Waals surface area (Å²) < 4.78 is 88.0. The minimum atomic E-state index is -3.77. The first kappa shape index (κ1) is 47.7. The topological polar surface area (TPSA) is 199 Å². The van der Waals surface area contributed by atoms with Gasteiger partial charge in [-0.05, 0) is 25.0 Å². The summed E-state index contributed by atoms with van der Waals surface area (Å²) in [6.45, 7) is 8.18. The Hall–Kier alpha value is -2.33. The van der Waals surface area contributed by atoms with Crippen molar-refractivity contribution < 1.29 is 79.4 Å². The van der Waals surface area contributed by atoms with Gasteiger partial charge in [-0.3, -0.25) is 13.8 Å². The summed E-state index contributed by atoms with van der Waals surface area (Å²) in [6, 6.07) is 7.95. The molecule has 0 unspecified atom stereocenters. The number of ether oxygens (including phenoxy) is 11. The van der Waals surface area contributed by atoms with Gasteiger partial charge in [0, 0.05) is 12.8 Å². The van der Waals surface area contributed by atoms with E-state index in [1.165, 1.54) is 12.1 Å². The van der Waals surface area contributed by atoms with Gasteiger partial charge in [0.05, 0.1) is 144 Å². The van der Waals surface area contributed by atoms with Gasteiger partial charge in [-0.15, -0.1) is 0 Å². The molecule has 0 heterocycles. The lowest BCUT2D eigenvalue weighted by Crippen LogP contribution is -2.16. The van der Waals surface area contributed by atoms with E-state index in [4.69, 9.17) is 61.4 Å². The van der Waals surface area contributed by atoms with Crippen molar-refractivity contribution in [1.82, 2.24) is 0 Å². The fourth-order valence-corrected chi connectivity index (χ4v) is 4.69. The molecule has 17 nitrogen and oxygen atoms in total. The number of carboxylic acid groups (broad SMARTS) is 1. The molecule has 1 aromatic rings. The molecule has 1 aromatic carbocycles. The van der Waals surface area contributed by atoms with Crippen molar-refractivity contribution in [1.29, 1.82) is 0 Å². The van der Waals surface area contributed by atoms with Gasteiger partial charge in [-0.2, -0.15) is 8.42 Å². The molecule has 0 spiro atoms. The van der Waals surface area contributed by atoms with Crippen molar-refractivity contribution >= 4 is 22.1 Å². The average molecular weight is 771 g/mol. The molecule has 1 N–H and O–H groups in total. The second kappa shape index (κ2) is 35.7. The smallest absolute Gasteiger partial charge is 0.305 e. The number of unbranched alkanes of at least 4 members (excludes halogenated alkanes) is 1. The molecule has 0 saturated carbocycles. The molecule has 0 bridgehead atoms. The van der Waals surface area contributed by atoms with Gasteiger partial charge >= 0.3 is 11.9 Å². The molecule has 302 valence electrons. The molecule has 1 rings (SSSR count). The molecular formula is C34H58O17S. The Balaban J connectivity index is 1.66. The zero-order valence-electron chi connectivity index (χ0n) is 30.2. The second-order valence-electron chi connectivity index (χ2n) is 10.5. The highest BCUT2D eigenvalue weighted by atomic mass is 32.2. The lowest BCUT2D eigenvalue weighted by Gasteiger charge is -2.09. The number of aliphatic carboxylic acids is 1. The van der Waals surface area contributed by atoms with Crippen LogP contribution >= 0.6 is 0 Å². The van der Waals surface area contributed by atoms with Gasteiger partial charge in [0.25, 0.3) is 10.1 Å². The van der Waals surface area contributed by atoms with Crippen LogP contribution in [0.2, 0.25) is 0 Å². The number of carbonyl (C=O) groups excluding carboxylic acids is 1. The van der Waals surface area contributed by atoms with E-state index < -0.39 is 16.1 Å². The maximum atomic E-state index is 12.0. The van der Waals surface area contributed by atoms with Crippen LogP contribution in [0.4, 0.5) is 0 Å². The fourth-order valence-electron chi connectivity index (χ4n) is 3.77. The quantitative estimate of drug-likeness (QED) is 0.0575. The number of esters is 1. The van der Waals surface area contributed by atoms with Crippen molar-refractivity contribution in [3.05, 3.63) is 30.3 Å². The monoisotopic (exact) mass is 770 g/mol. The van der Waals surface area contributed by atoms with Crippen molar-refractivity contribution in [2.45, 2.75) is 30.6 Å². The summed E-state index contributed by atoms with van der Waals surface area (Å²) in [4.78, 5) is 22.0. The SMILES string of the molecule is O=C(O)CCCCC(=O)OCCOCCOCCOCCOCCOCCOCCOCCOCCOCCOCCOS(=O)(=O)c1ccccc1. The molecule has 0 aromatic heterocycles. The molecule has 0 aliphatic heterocycles. The van der Waals surface area contributed by atoms with Crippen LogP contribution in [0, 0.1) is 0 Å². The maximum absolute atomic E-state index is 12.0. The van der Waals surface area contributed by atoms with Crippen LogP contribution in [0.25, 0.3) is 0 Å². The number of rotatable bonds is 40. The van der Waals surface area contributed by atoms with Crippen LogP contribution in [0.1, 0.15) is 25.7 Å². The molecule has 0 atom stereocenters. The first-order valence-corrected chi connectivity index (χ1v) is 18.9. The minimum absolute atomic E-state index is 0.0533. The molecule has 0 radical (unpaired) electrons. The number of benzene rings is 1. The summed E-state index contributed by atoms with van der Waals surface area (Å²) in [5.41, 5.74) is 0. The van der Waals surface area contributed by atoms with E-state index in [1.54, 1.807) is 18.2 Å². The van der Waals surface area contributed by atoms with Gasteiger partial charge in [-0.25, -0.2) is 0 Å². The lowest BCUT2D eigenvalue weighted by atomic mass is 10.2. The molecule has 18 heteroatoms. The van der Waals surface area contributed by atoms with E-state index in [-0.39, 0.29) is 50.1 Å². The first-order chi connectivity index (χ1) is 25.4.